The molecular formula is C24H28N2O5. The molecular weight excluding hydrogens is 396 g/mol. The molecule has 0 heterocycles. The molecule has 164 valence electrons. The van der Waals surface area contributed by atoms with Crippen LogP contribution in [0.1, 0.15) is 37.8 Å². The van der Waals surface area contributed by atoms with Gasteiger partial charge in [0.05, 0.1) is 5.92 Å². The minimum Gasteiger partial charge on any atom is -0.481 e. The Morgan fingerprint density at radius 3 is 2.03 bits per heavy atom. The van der Waals surface area contributed by atoms with Crippen molar-refractivity contribution in [2.45, 2.75) is 32.7 Å². The van der Waals surface area contributed by atoms with E-state index < -0.39 is 29.9 Å². The lowest BCUT2D eigenvalue weighted by molar-refractivity contribution is -0.144. The Morgan fingerprint density at radius 1 is 0.968 bits per heavy atom. The van der Waals surface area contributed by atoms with E-state index in [-0.39, 0.29) is 25.0 Å². The fourth-order valence-corrected chi connectivity index (χ4v) is 4.27. The summed E-state index contributed by atoms with van der Waals surface area (Å²) in [5.74, 6) is -2.34. The van der Waals surface area contributed by atoms with Gasteiger partial charge in [-0.05, 0) is 35.1 Å². The van der Waals surface area contributed by atoms with Crippen LogP contribution in [-0.2, 0) is 14.3 Å². The average molecular weight is 424 g/mol. The monoisotopic (exact) mass is 424 g/mol. The Morgan fingerprint density at radius 2 is 1.52 bits per heavy atom. The molecule has 2 aromatic rings. The quantitative estimate of drug-likeness (QED) is 0.603. The lowest BCUT2D eigenvalue weighted by Gasteiger charge is -2.24. The predicted molar refractivity (Wildman–Crippen MR) is 117 cm³/mol. The van der Waals surface area contributed by atoms with E-state index in [0.29, 0.717) is 0 Å². The van der Waals surface area contributed by atoms with Gasteiger partial charge in [-0.1, -0.05) is 62.4 Å². The SMILES string of the molecule is CC(C)C(C(=O)O)C(C)NC(=O)CNC(=O)OCC1c2ccccc2-c2ccccc21. The van der Waals surface area contributed by atoms with Gasteiger partial charge in [0.2, 0.25) is 5.91 Å². The second-order valence-corrected chi connectivity index (χ2v) is 8.14. The van der Waals surface area contributed by atoms with Crippen molar-refractivity contribution in [2.24, 2.45) is 11.8 Å². The first kappa shape index (κ1) is 22.3. The van der Waals surface area contributed by atoms with Crippen LogP contribution in [0.3, 0.4) is 0 Å². The summed E-state index contributed by atoms with van der Waals surface area (Å²) in [6, 6.07) is 15.5. The summed E-state index contributed by atoms with van der Waals surface area (Å²) in [6.07, 6.45) is -0.691. The molecule has 2 unspecified atom stereocenters. The molecule has 0 aromatic heterocycles. The molecule has 2 atom stereocenters. The maximum absolute atomic E-state index is 12.2. The number of carbonyl (C=O) groups excluding carboxylic acids is 2. The molecule has 3 rings (SSSR count). The van der Waals surface area contributed by atoms with E-state index in [1.165, 1.54) is 0 Å². The molecule has 31 heavy (non-hydrogen) atoms. The summed E-state index contributed by atoms with van der Waals surface area (Å²) in [6.45, 7) is 5.09. The normalized spacial score (nSPS) is 14.3. The maximum atomic E-state index is 12.2. The van der Waals surface area contributed by atoms with E-state index in [9.17, 15) is 19.5 Å². The van der Waals surface area contributed by atoms with Crippen LogP contribution in [-0.4, -0.2) is 42.3 Å². The van der Waals surface area contributed by atoms with Gasteiger partial charge in [-0.15, -0.1) is 0 Å². The Balaban J connectivity index is 1.52. The van der Waals surface area contributed by atoms with Crippen molar-refractivity contribution >= 4 is 18.0 Å². The first-order valence-electron chi connectivity index (χ1n) is 10.4. The molecule has 2 aromatic carbocycles. The van der Waals surface area contributed by atoms with Gasteiger partial charge in [0, 0.05) is 12.0 Å². The number of hydrogen-bond donors (Lipinski definition) is 3. The number of benzene rings is 2. The Bertz CT molecular complexity index is 926. The Hall–Kier alpha value is -3.35. The minimum atomic E-state index is -0.965. The highest BCUT2D eigenvalue weighted by Crippen LogP contribution is 2.44. The van der Waals surface area contributed by atoms with Crippen molar-refractivity contribution in [3.8, 4) is 11.1 Å². The number of fused-ring (bicyclic) bond motifs is 3. The van der Waals surface area contributed by atoms with Crippen LogP contribution in [0.2, 0.25) is 0 Å². The third kappa shape index (κ3) is 5.05. The standard InChI is InChI=1S/C24H28N2O5/c1-14(2)22(23(28)29)15(3)26-21(27)12-25-24(30)31-13-20-18-10-6-4-8-16(18)17-9-5-7-11-19(17)20/h4-11,14-15,20,22H,12-13H2,1-3H3,(H,25,30)(H,26,27)(H,28,29). The highest BCUT2D eigenvalue weighted by Gasteiger charge is 2.30. The van der Waals surface area contributed by atoms with Gasteiger partial charge in [0.1, 0.15) is 13.2 Å². The van der Waals surface area contributed by atoms with E-state index in [1.54, 1.807) is 20.8 Å². The van der Waals surface area contributed by atoms with Crippen LogP contribution >= 0.6 is 0 Å². The van der Waals surface area contributed by atoms with E-state index in [0.717, 1.165) is 22.3 Å². The van der Waals surface area contributed by atoms with Crippen LogP contribution in [0, 0.1) is 11.8 Å². The summed E-state index contributed by atoms with van der Waals surface area (Å²) in [4.78, 5) is 35.7. The number of alkyl carbamates (subject to hydrolysis) is 1. The molecule has 7 heteroatoms. The van der Waals surface area contributed by atoms with E-state index in [4.69, 9.17) is 4.74 Å². The molecule has 0 aliphatic heterocycles. The number of hydrogen-bond acceptors (Lipinski definition) is 4. The molecule has 1 aliphatic rings. The largest absolute Gasteiger partial charge is 0.481 e. The summed E-state index contributed by atoms with van der Waals surface area (Å²) < 4.78 is 5.39. The number of nitrogens with one attached hydrogen (secondary N) is 2. The number of carboxylic acid groups (broad SMARTS) is 1. The second kappa shape index (κ2) is 9.64. The molecule has 0 fully saturated rings. The van der Waals surface area contributed by atoms with Crippen molar-refractivity contribution in [3.63, 3.8) is 0 Å². The van der Waals surface area contributed by atoms with Gasteiger partial charge in [0.15, 0.2) is 0 Å². The third-order valence-corrected chi connectivity index (χ3v) is 5.67. The van der Waals surface area contributed by atoms with Crippen LogP contribution < -0.4 is 10.6 Å². The van der Waals surface area contributed by atoms with Gasteiger partial charge < -0.3 is 20.5 Å². The van der Waals surface area contributed by atoms with Crippen LogP contribution in [0.15, 0.2) is 48.5 Å². The van der Waals surface area contributed by atoms with Crippen molar-refractivity contribution < 1.29 is 24.2 Å². The van der Waals surface area contributed by atoms with Crippen LogP contribution in [0.25, 0.3) is 11.1 Å². The van der Waals surface area contributed by atoms with Crippen molar-refractivity contribution in [3.05, 3.63) is 59.7 Å². The summed E-state index contributed by atoms with van der Waals surface area (Å²) >= 11 is 0. The summed E-state index contributed by atoms with van der Waals surface area (Å²) in [5.41, 5.74) is 4.49. The molecule has 1 aliphatic carbocycles. The van der Waals surface area contributed by atoms with Gasteiger partial charge in [0.25, 0.3) is 0 Å². The molecule has 0 saturated heterocycles. The predicted octanol–water partition coefficient (Wildman–Crippen LogP) is 3.39. The molecule has 3 N–H and O–H groups in total. The van der Waals surface area contributed by atoms with Gasteiger partial charge in [-0.2, -0.15) is 0 Å². The van der Waals surface area contributed by atoms with Gasteiger partial charge >= 0.3 is 12.1 Å². The lowest BCUT2D eigenvalue weighted by atomic mass is 9.89. The first-order valence-corrected chi connectivity index (χ1v) is 10.4. The zero-order valence-electron chi connectivity index (χ0n) is 17.9. The van der Waals surface area contributed by atoms with E-state index >= 15 is 0 Å². The highest BCUT2D eigenvalue weighted by molar-refractivity contribution is 5.83. The highest BCUT2D eigenvalue weighted by atomic mass is 16.5. The van der Waals surface area contributed by atoms with Gasteiger partial charge in [-0.3, -0.25) is 9.59 Å². The lowest BCUT2D eigenvalue weighted by Crippen LogP contribution is -2.47. The summed E-state index contributed by atoms with van der Waals surface area (Å²) in [7, 11) is 0. The zero-order chi connectivity index (χ0) is 22.5. The molecule has 0 spiro atoms. The second-order valence-electron chi connectivity index (χ2n) is 8.14. The topological polar surface area (TPSA) is 105 Å². The third-order valence-electron chi connectivity index (χ3n) is 5.67. The number of amides is 2. The summed E-state index contributed by atoms with van der Waals surface area (Å²) in [5, 5.41) is 14.4. The molecule has 0 radical (unpaired) electrons. The fraction of sp³-hybridized carbons (Fsp3) is 0.375. The molecule has 0 bridgehead atoms. The smallest absolute Gasteiger partial charge is 0.407 e. The van der Waals surface area contributed by atoms with Gasteiger partial charge in [-0.25, -0.2) is 4.79 Å². The van der Waals surface area contributed by atoms with Crippen molar-refractivity contribution in [1.29, 1.82) is 0 Å². The van der Waals surface area contributed by atoms with E-state index in [1.807, 2.05) is 36.4 Å². The Labute approximate surface area is 181 Å². The molecule has 2 amide bonds. The first-order chi connectivity index (χ1) is 14.8. The number of ether oxygens (including phenoxy) is 1. The zero-order valence-corrected chi connectivity index (χ0v) is 17.9. The maximum Gasteiger partial charge on any atom is 0.407 e. The number of carboxylic acids is 1. The molecule has 0 saturated carbocycles. The van der Waals surface area contributed by atoms with Crippen LogP contribution in [0.5, 0.6) is 0 Å². The fourth-order valence-electron chi connectivity index (χ4n) is 4.27. The van der Waals surface area contributed by atoms with Crippen molar-refractivity contribution in [1.82, 2.24) is 10.6 Å². The van der Waals surface area contributed by atoms with E-state index in [2.05, 4.69) is 22.8 Å². The average Bonchev–Trinajstić information content (AvgIpc) is 3.04. The minimum absolute atomic E-state index is 0.0608. The Kier molecular flexibility index (Phi) is 6.95. The number of carbonyl (C=O) groups is 3. The number of rotatable bonds is 8. The van der Waals surface area contributed by atoms with Crippen molar-refractivity contribution in [2.75, 3.05) is 13.2 Å². The molecule has 7 nitrogen and oxygen atoms in total. The number of aliphatic carboxylic acids is 1. The van der Waals surface area contributed by atoms with Crippen LogP contribution in [0.4, 0.5) is 4.79 Å².